The molecule has 0 radical (unpaired) electrons. The Morgan fingerprint density at radius 3 is 2.54 bits per heavy atom. The van der Waals surface area contributed by atoms with E-state index >= 15 is 0 Å². The van der Waals surface area contributed by atoms with Crippen LogP contribution in [0.4, 0.5) is 0 Å². The summed E-state index contributed by atoms with van der Waals surface area (Å²) in [6.07, 6.45) is 1.04. The van der Waals surface area contributed by atoms with Crippen LogP contribution in [0.25, 0.3) is 0 Å². The molecular formula is C10H15BrN2. The van der Waals surface area contributed by atoms with Gasteiger partial charge in [0.15, 0.2) is 0 Å². The molecule has 0 amide bonds. The van der Waals surface area contributed by atoms with Crippen LogP contribution in [0.3, 0.4) is 0 Å². The number of halogens is 1. The van der Waals surface area contributed by atoms with Gasteiger partial charge in [0.05, 0.1) is 0 Å². The van der Waals surface area contributed by atoms with Crippen molar-refractivity contribution in [2.24, 2.45) is 5.73 Å². The maximum absolute atomic E-state index is 5.38. The molecule has 0 heterocycles. The molecule has 1 aromatic carbocycles. The zero-order valence-corrected chi connectivity index (χ0v) is 9.18. The van der Waals surface area contributed by atoms with Crippen molar-refractivity contribution in [2.75, 3.05) is 13.1 Å². The summed E-state index contributed by atoms with van der Waals surface area (Å²) in [5.74, 6) is 0. The first-order valence-corrected chi connectivity index (χ1v) is 5.27. The Hall–Kier alpha value is -0.380. The third kappa shape index (κ3) is 4.41. The van der Waals surface area contributed by atoms with Gasteiger partial charge in [0.1, 0.15) is 0 Å². The van der Waals surface area contributed by atoms with E-state index in [4.69, 9.17) is 5.73 Å². The molecule has 0 aliphatic carbocycles. The SMILES string of the molecule is NCCCNCc1ccc(Br)cc1. The minimum atomic E-state index is 0.757. The Balaban J connectivity index is 2.25. The summed E-state index contributed by atoms with van der Waals surface area (Å²) in [5, 5.41) is 3.33. The molecule has 0 aromatic heterocycles. The highest BCUT2D eigenvalue weighted by atomic mass is 79.9. The van der Waals surface area contributed by atoms with Gasteiger partial charge in [-0.2, -0.15) is 0 Å². The molecule has 1 aromatic rings. The normalized spacial score (nSPS) is 10.3. The van der Waals surface area contributed by atoms with Crippen LogP contribution < -0.4 is 11.1 Å². The smallest absolute Gasteiger partial charge is 0.0205 e. The fraction of sp³-hybridized carbons (Fsp3) is 0.400. The molecule has 0 spiro atoms. The van der Waals surface area contributed by atoms with Crippen LogP contribution in [0.15, 0.2) is 28.7 Å². The van der Waals surface area contributed by atoms with Crippen molar-refractivity contribution < 1.29 is 0 Å². The third-order valence-corrected chi connectivity index (χ3v) is 2.33. The van der Waals surface area contributed by atoms with Crippen molar-refractivity contribution in [3.05, 3.63) is 34.3 Å². The largest absolute Gasteiger partial charge is 0.330 e. The van der Waals surface area contributed by atoms with Crippen molar-refractivity contribution in [3.8, 4) is 0 Å². The van der Waals surface area contributed by atoms with Crippen LogP contribution in [-0.4, -0.2) is 13.1 Å². The lowest BCUT2D eigenvalue weighted by Crippen LogP contribution is -2.17. The first-order chi connectivity index (χ1) is 6.33. The van der Waals surface area contributed by atoms with Crippen LogP contribution in [0.2, 0.25) is 0 Å². The van der Waals surface area contributed by atoms with E-state index in [2.05, 4.69) is 45.5 Å². The highest BCUT2D eigenvalue weighted by Gasteiger charge is 1.91. The predicted octanol–water partition coefficient (Wildman–Crippen LogP) is 1.89. The second kappa shape index (κ2) is 6.13. The molecule has 2 nitrogen and oxygen atoms in total. The molecule has 0 bridgehead atoms. The Bertz CT molecular complexity index is 233. The van der Waals surface area contributed by atoms with E-state index in [-0.39, 0.29) is 0 Å². The standard InChI is InChI=1S/C10H15BrN2/c11-10-4-2-9(3-5-10)8-13-7-1-6-12/h2-5,13H,1,6-8,12H2. The Morgan fingerprint density at radius 1 is 1.23 bits per heavy atom. The van der Waals surface area contributed by atoms with Crippen LogP contribution in [0.5, 0.6) is 0 Å². The summed E-state index contributed by atoms with van der Waals surface area (Å²) in [5.41, 5.74) is 6.69. The zero-order valence-electron chi connectivity index (χ0n) is 7.59. The predicted molar refractivity (Wildman–Crippen MR) is 59.5 cm³/mol. The molecule has 0 saturated heterocycles. The van der Waals surface area contributed by atoms with Gasteiger partial charge in [0.25, 0.3) is 0 Å². The van der Waals surface area contributed by atoms with Gasteiger partial charge >= 0.3 is 0 Å². The zero-order chi connectivity index (χ0) is 9.52. The van der Waals surface area contributed by atoms with Crippen LogP contribution in [0.1, 0.15) is 12.0 Å². The lowest BCUT2D eigenvalue weighted by Gasteiger charge is -2.03. The number of benzene rings is 1. The van der Waals surface area contributed by atoms with Gasteiger partial charge in [-0.3, -0.25) is 0 Å². The lowest BCUT2D eigenvalue weighted by molar-refractivity contribution is 0.655. The fourth-order valence-corrected chi connectivity index (χ4v) is 1.33. The highest BCUT2D eigenvalue weighted by Crippen LogP contribution is 2.09. The number of hydrogen-bond acceptors (Lipinski definition) is 2. The summed E-state index contributed by atoms with van der Waals surface area (Å²) < 4.78 is 1.12. The number of nitrogens with two attached hydrogens (primary N) is 1. The molecule has 3 N–H and O–H groups in total. The summed E-state index contributed by atoms with van der Waals surface area (Å²) >= 11 is 3.40. The Morgan fingerprint density at radius 2 is 1.92 bits per heavy atom. The van der Waals surface area contributed by atoms with E-state index in [1.54, 1.807) is 0 Å². The van der Waals surface area contributed by atoms with Gasteiger partial charge in [-0.15, -0.1) is 0 Å². The fourth-order valence-electron chi connectivity index (χ4n) is 1.06. The van der Waals surface area contributed by atoms with Crippen molar-refractivity contribution in [2.45, 2.75) is 13.0 Å². The number of rotatable bonds is 5. The first kappa shape index (κ1) is 10.7. The molecule has 0 unspecified atom stereocenters. The molecule has 13 heavy (non-hydrogen) atoms. The maximum Gasteiger partial charge on any atom is 0.0205 e. The molecule has 0 aliphatic rings. The van der Waals surface area contributed by atoms with E-state index in [1.165, 1.54) is 5.56 Å². The Labute approximate surface area is 87.6 Å². The van der Waals surface area contributed by atoms with Gasteiger partial charge in [-0.05, 0) is 37.2 Å². The Kier molecular flexibility index (Phi) is 5.05. The average Bonchev–Trinajstić information content (AvgIpc) is 2.15. The molecule has 0 aliphatic heterocycles. The van der Waals surface area contributed by atoms with Gasteiger partial charge in [-0.1, -0.05) is 28.1 Å². The summed E-state index contributed by atoms with van der Waals surface area (Å²) in [4.78, 5) is 0. The molecule has 0 atom stereocenters. The van der Waals surface area contributed by atoms with Crippen molar-refractivity contribution in [1.29, 1.82) is 0 Å². The molecular weight excluding hydrogens is 228 g/mol. The van der Waals surface area contributed by atoms with Gasteiger partial charge in [0.2, 0.25) is 0 Å². The molecule has 0 saturated carbocycles. The highest BCUT2D eigenvalue weighted by molar-refractivity contribution is 9.10. The van der Waals surface area contributed by atoms with Crippen molar-refractivity contribution >= 4 is 15.9 Å². The first-order valence-electron chi connectivity index (χ1n) is 4.48. The molecule has 3 heteroatoms. The van der Waals surface area contributed by atoms with Gasteiger partial charge < -0.3 is 11.1 Å². The third-order valence-electron chi connectivity index (χ3n) is 1.80. The maximum atomic E-state index is 5.38. The van der Waals surface area contributed by atoms with E-state index < -0.39 is 0 Å². The summed E-state index contributed by atoms with van der Waals surface area (Å²) in [6, 6.07) is 8.33. The quantitative estimate of drug-likeness (QED) is 0.775. The summed E-state index contributed by atoms with van der Waals surface area (Å²) in [6.45, 7) is 2.67. The van der Waals surface area contributed by atoms with E-state index in [9.17, 15) is 0 Å². The summed E-state index contributed by atoms with van der Waals surface area (Å²) in [7, 11) is 0. The second-order valence-electron chi connectivity index (χ2n) is 2.95. The van der Waals surface area contributed by atoms with E-state index in [1.807, 2.05) is 0 Å². The number of nitrogens with one attached hydrogen (secondary N) is 1. The second-order valence-corrected chi connectivity index (χ2v) is 3.86. The topological polar surface area (TPSA) is 38.0 Å². The van der Waals surface area contributed by atoms with Crippen LogP contribution >= 0.6 is 15.9 Å². The van der Waals surface area contributed by atoms with Crippen LogP contribution in [0, 0.1) is 0 Å². The lowest BCUT2D eigenvalue weighted by atomic mass is 10.2. The average molecular weight is 243 g/mol. The molecule has 72 valence electrons. The number of hydrogen-bond donors (Lipinski definition) is 2. The molecule has 0 fully saturated rings. The van der Waals surface area contributed by atoms with Crippen LogP contribution in [-0.2, 0) is 6.54 Å². The van der Waals surface area contributed by atoms with E-state index in [0.29, 0.717) is 0 Å². The minimum absolute atomic E-state index is 0.757. The minimum Gasteiger partial charge on any atom is -0.330 e. The van der Waals surface area contributed by atoms with Gasteiger partial charge in [0, 0.05) is 11.0 Å². The molecule has 1 rings (SSSR count). The van der Waals surface area contributed by atoms with Gasteiger partial charge in [-0.25, -0.2) is 0 Å². The monoisotopic (exact) mass is 242 g/mol. The van der Waals surface area contributed by atoms with Crippen molar-refractivity contribution in [1.82, 2.24) is 5.32 Å². The van der Waals surface area contributed by atoms with Crippen molar-refractivity contribution in [3.63, 3.8) is 0 Å². The van der Waals surface area contributed by atoms with E-state index in [0.717, 1.165) is 30.5 Å².